The quantitative estimate of drug-likeness (QED) is 0.865. The zero-order valence-corrected chi connectivity index (χ0v) is 11.2. The Morgan fingerprint density at radius 2 is 1.47 bits per heavy atom. The number of nitrogens with two attached hydrogens (primary N) is 1. The third kappa shape index (κ3) is 3.44. The van der Waals surface area contributed by atoms with Gasteiger partial charge >= 0.3 is 0 Å². The summed E-state index contributed by atoms with van der Waals surface area (Å²) in [4.78, 5) is 11.0. The van der Waals surface area contributed by atoms with Crippen molar-refractivity contribution in [3.8, 4) is 11.1 Å². The van der Waals surface area contributed by atoms with Crippen molar-refractivity contribution >= 4 is 5.91 Å². The first-order chi connectivity index (χ1) is 9.20. The molecule has 0 aliphatic carbocycles. The molecule has 19 heavy (non-hydrogen) atoms. The van der Waals surface area contributed by atoms with E-state index in [0.29, 0.717) is 5.56 Å². The van der Waals surface area contributed by atoms with Crippen molar-refractivity contribution in [3.63, 3.8) is 0 Å². The predicted octanol–water partition coefficient (Wildman–Crippen LogP) is 3.80. The molecule has 0 heterocycles. The molecule has 0 atom stereocenters. The van der Waals surface area contributed by atoms with Crippen molar-refractivity contribution < 1.29 is 4.79 Å². The van der Waals surface area contributed by atoms with Gasteiger partial charge in [0.15, 0.2) is 0 Å². The Kier molecular flexibility index (Phi) is 4.35. The molecule has 0 bridgehead atoms. The van der Waals surface area contributed by atoms with Gasteiger partial charge in [-0.2, -0.15) is 0 Å². The van der Waals surface area contributed by atoms with Crippen molar-refractivity contribution in [2.45, 2.75) is 26.2 Å². The highest BCUT2D eigenvalue weighted by atomic mass is 16.1. The number of primary amides is 1. The number of benzene rings is 2. The molecule has 0 unspecified atom stereocenters. The summed E-state index contributed by atoms with van der Waals surface area (Å²) in [5.41, 5.74) is 9.42. The minimum absolute atomic E-state index is 0.388. The topological polar surface area (TPSA) is 43.1 Å². The number of carbonyl (C=O) groups excluding carboxylic acids is 1. The van der Waals surface area contributed by atoms with Gasteiger partial charge in [-0.05, 0) is 41.7 Å². The molecule has 2 nitrogen and oxygen atoms in total. The van der Waals surface area contributed by atoms with Crippen molar-refractivity contribution in [1.29, 1.82) is 0 Å². The average molecular weight is 253 g/mol. The molecule has 98 valence electrons. The lowest BCUT2D eigenvalue weighted by molar-refractivity contribution is 0.100. The summed E-state index contributed by atoms with van der Waals surface area (Å²) >= 11 is 0. The molecular weight excluding hydrogens is 234 g/mol. The molecule has 0 radical (unpaired) electrons. The van der Waals surface area contributed by atoms with Crippen LogP contribution in [-0.4, -0.2) is 5.91 Å². The van der Waals surface area contributed by atoms with Gasteiger partial charge in [-0.25, -0.2) is 0 Å². The molecular formula is C17H19NO. The van der Waals surface area contributed by atoms with Crippen molar-refractivity contribution in [1.82, 2.24) is 0 Å². The summed E-state index contributed by atoms with van der Waals surface area (Å²) in [7, 11) is 0. The van der Waals surface area contributed by atoms with Gasteiger partial charge in [0.25, 0.3) is 0 Å². The van der Waals surface area contributed by atoms with Crippen LogP contribution in [0.5, 0.6) is 0 Å². The number of rotatable bonds is 5. The molecule has 0 saturated carbocycles. The van der Waals surface area contributed by atoms with Gasteiger partial charge < -0.3 is 5.73 Å². The van der Waals surface area contributed by atoms with Gasteiger partial charge in [0.05, 0.1) is 0 Å². The summed E-state index contributed by atoms with van der Waals surface area (Å²) in [6.45, 7) is 2.20. The fourth-order valence-corrected chi connectivity index (χ4v) is 2.07. The smallest absolute Gasteiger partial charge is 0.248 e. The third-order valence-corrected chi connectivity index (χ3v) is 3.28. The van der Waals surface area contributed by atoms with Crippen molar-refractivity contribution in [2.75, 3.05) is 0 Å². The molecule has 0 saturated heterocycles. The van der Waals surface area contributed by atoms with Crippen LogP contribution in [-0.2, 0) is 6.42 Å². The molecule has 2 aromatic carbocycles. The van der Waals surface area contributed by atoms with Crippen LogP contribution < -0.4 is 5.73 Å². The first-order valence-corrected chi connectivity index (χ1v) is 6.70. The molecule has 0 fully saturated rings. The van der Waals surface area contributed by atoms with E-state index >= 15 is 0 Å². The maximum atomic E-state index is 11.0. The van der Waals surface area contributed by atoms with E-state index in [1.54, 1.807) is 12.1 Å². The maximum Gasteiger partial charge on any atom is 0.248 e. The second-order valence-corrected chi connectivity index (χ2v) is 4.74. The van der Waals surface area contributed by atoms with Gasteiger partial charge in [0.1, 0.15) is 0 Å². The number of amides is 1. The second-order valence-electron chi connectivity index (χ2n) is 4.74. The highest BCUT2D eigenvalue weighted by Crippen LogP contribution is 2.20. The lowest BCUT2D eigenvalue weighted by Crippen LogP contribution is -2.10. The Bertz CT molecular complexity index is 540. The molecule has 0 aromatic heterocycles. The fourth-order valence-electron chi connectivity index (χ4n) is 2.07. The van der Waals surface area contributed by atoms with Gasteiger partial charge in [0, 0.05) is 5.56 Å². The van der Waals surface area contributed by atoms with Gasteiger partial charge in [-0.15, -0.1) is 0 Å². The maximum absolute atomic E-state index is 11.0. The minimum atomic E-state index is -0.388. The molecule has 0 aliphatic rings. The minimum Gasteiger partial charge on any atom is -0.366 e. The van der Waals surface area contributed by atoms with Crippen LogP contribution in [0.25, 0.3) is 11.1 Å². The Morgan fingerprint density at radius 3 is 1.95 bits per heavy atom. The largest absolute Gasteiger partial charge is 0.366 e. The van der Waals surface area contributed by atoms with E-state index in [1.165, 1.54) is 18.4 Å². The van der Waals surface area contributed by atoms with E-state index in [2.05, 4.69) is 31.2 Å². The summed E-state index contributed by atoms with van der Waals surface area (Å²) in [5.74, 6) is -0.388. The number of carbonyl (C=O) groups is 1. The van der Waals surface area contributed by atoms with E-state index in [9.17, 15) is 4.79 Å². The van der Waals surface area contributed by atoms with E-state index in [4.69, 9.17) is 5.73 Å². The summed E-state index contributed by atoms with van der Waals surface area (Å²) < 4.78 is 0. The highest BCUT2D eigenvalue weighted by Gasteiger charge is 2.01. The molecule has 2 rings (SSSR count). The Balaban J connectivity index is 2.15. The van der Waals surface area contributed by atoms with Gasteiger partial charge in [-0.3, -0.25) is 4.79 Å². The number of hydrogen-bond acceptors (Lipinski definition) is 1. The standard InChI is InChI=1S/C17H19NO/c1-2-3-4-13-5-7-14(8-6-13)15-9-11-16(12-10-15)17(18)19/h5-12H,2-4H2,1H3,(H2,18,19). The van der Waals surface area contributed by atoms with Crippen LogP contribution in [0.2, 0.25) is 0 Å². The van der Waals surface area contributed by atoms with E-state index in [1.807, 2.05) is 12.1 Å². The van der Waals surface area contributed by atoms with Crippen LogP contribution in [0, 0.1) is 0 Å². The average Bonchev–Trinajstić information content (AvgIpc) is 2.46. The zero-order valence-electron chi connectivity index (χ0n) is 11.2. The van der Waals surface area contributed by atoms with Crippen molar-refractivity contribution in [3.05, 3.63) is 59.7 Å². The highest BCUT2D eigenvalue weighted by molar-refractivity contribution is 5.93. The Hall–Kier alpha value is -2.09. The molecule has 2 heteroatoms. The first kappa shape index (κ1) is 13.3. The normalized spacial score (nSPS) is 10.4. The predicted molar refractivity (Wildman–Crippen MR) is 79.0 cm³/mol. The van der Waals surface area contributed by atoms with Crippen LogP contribution in [0.4, 0.5) is 0 Å². The SMILES string of the molecule is CCCCc1ccc(-c2ccc(C(N)=O)cc2)cc1. The Labute approximate surface area is 114 Å². The lowest BCUT2D eigenvalue weighted by Gasteiger charge is -2.05. The van der Waals surface area contributed by atoms with Gasteiger partial charge in [-0.1, -0.05) is 49.7 Å². The molecule has 2 N–H and O–H groups in total. The first-order valence-electron chi connectivity index (χ1n) is 6.70. The van der Waals surface area contributed by atoms with Crippen LogP contribution in [0.1, 0.15) is 35.7 Å². The summed E-state index contributed by atoms with van der Waals surface area (Å²) in [5, 5.41) is 0. The van der Waals surface area contributed by atoms with Crippen molar-refractivity contribution in [2.24, 2.45) is 5.73 Å². The molecule has 2 aromatic rings. The lowest BCUT2D eigenvalue weighted by atomic mass is 10.0. The number of aryl methyl sites for hydroxylation is 1. The fraction of sp³-hybridized carbons (Fsp3) is 0.235. The van der Waals surface area contributed by atoms with Crippen LogP contribution in [0.15, 0.2) is 48.5 Å². The number of hydrogen-bond donors (Lipinski definition) is 1. The Morgan fingerprint density at radius 1 is 0.947 bits per heavy atom. The molecule has 0 aliphatic heterocycles. The molecule has 1 amide bonds. The van der Waals surface area contributed by atoms with Crippen LogP contribution in [0.3, 0.4) is 0 Å². The summed E-state index contributed by atoms with van der Waals surface area (Å²) in [6, 6.07) is 16.0. The van der Waals surface area contributed by atoms with E-state index in [0.717, 1.165) is 17.5 Å². The van der Waals surface area contributed by atoms with Gasteiger partial charge in [0.2, 0.25) is 5.91 Å². The monoisotopic (exact) mass is 253 g/mol. The van der Waals surface area contributed by atoms with Crippen LogP contribution >= 0.6 is 0 Å². The molecule has 0 spiro atoms. The third-order valence-electron chi connectivity index (χ3n) is 3.28. The zero-order chi connectivity index (χ0) is 13.7. The second kappa shape index (κ2) is 6.19. The van der Waals surface area contributed by atoms with E-state index < -0.39 is 0 Å². The van der Waals surface area contributed by atoms with E-state index in [-0.39, 0.29) is 5.91 Å². The summed E-state index contributed by atoms with van der Waals surface area (Å²) in [6.07, 6.45) is 3.58. The number of unbranched alkanes of at least 4 members (excludes halogenated alkanes) is 1.